The lowest BCUT2D eigenvalue weighted by Gasteiger charge is -2.05. The first kappa shape index (κ1) is 9.53. The minimum atomic E-state index is 0.547. The molecule has 0 amide bonds. The highest BCUT2D eigenvalue weighted by Crippen LogP contribution is 1.91. The molecule has 0 radical (unpaired) electrons. The first-order valence-corrected chi connectivity index (χ1v) is 3.92. The summed E-state index contributed by atoms with van der Waals surface area (Å²) in [6.45, 7) is 0.609. The molecule has 13 heavy (non-hydrogen) atoms. The minimum absolute atomic E-state index is 0.547. The number of guanidine groups is 1. The molecule has 0 fully saturated rings. The van der Waals surface area contributed by atoms with E-state index >= 15 is 0 Å². The second-order valence-corrected chi connectivity index (χ2v) is 2.55. The molecule has 1 aromatic rings. The molecule has 0 bridgehead atoms. The van der Waals surface area contributed by atoms with Crippen LogP contribution in [-0.4, -0.2) is 22.8 Å². The maximum absolute atomic E-state index is 5.18. The second-order valence-electron chi connectivity index (χ2n) is 2.55. The molecule has 4 N–H and O–H groups in total. The second kappa shape index (κ2) is 4.46. The fourth-order valence-electron chi connectivity index (χ4n) is 0.926. The van der Waals surface area contributed by atoms with Gasteiger partial charge in [0.05, 0.1) is 12.2 Å². The monoisotopic (exact) mass is 182 g/mol. The van der Waals surface area contributed by atoms with Gasteiger partial charge in [-0.05, 0) is 6.07 Å². The number of rotatable bonds is 2. The number of hydrogen-bond acceptors (Lipinski definition) is 3. The highest BCUT2D eigenvalue weighted by molar-refractivity contribution is 5.78. The summed E-state index contributed by atoms with van der Waals surface area (Å²) < 4.78 is 1.75. The summed E-state index contributed by atoms with van der Waals surface area (Å²) in [7, 11) is 3.53. The van der Waals surface area contributed by atoms with E-state index in [1.54, 1.807) is 11.7 Å². The predicted molar refractivity (Wildman–Crippen MR) is 50.7 cm³/mol. The zero-order valence-electron chi connectivity index (χ0n) is 7.78. The Morgan fingerprint density at radius 1 is 1.77 bits per heavy atom. The van der Waals surface area contributed by atoms with Gasteiger partial charge >= 0.3 is 0 Å². The average Bonchev–Trinajstić information content (AvgIpc) is 2.53. The first-order valence-electron chi connectivity index (χ1n) is 3.92. The van der Waals surface area contributed by atoms with Crippen molar-refractivity contribution < 1.29 is 0 Å². The summed E-state index contributed by atoms with van der Waals surface area (Å²) in [6, 6.07) is 1.93. The van der Waals surface area contributed by atoms with E-state index in [9.17, 15) is 0 Å². The number of aliphatic imine (C=N–C) groups is 1. The summed E-state index contributed by atoms with van der Waals surface area (Å²) in [5.41, 5.74) is 3.38. The zero-order chi connectivity index (χ0) is 9.68. The zero-order valence-corrected chi connectivity index (χ0v) is 7.78. The van der Waals surface area contributed by atoms with Crippen molar-refractivity contribution >= 4 is 5.96 Å². The third-order valence-electron chi connectivity index (χ3n) is 1.57. The highest BCUT2D eigenvalue weighted by atomic mass is 15.3. The van der Waals surface area contributed by atoms with Crippen molar-refractivity contribution in [3.63, 3.8) is 0 Å². The minimum Gasteiger partial charge on any atom is -0.350 e. The Balaban J connectivity index is 2.43. The number of nitrogens with zero attached hydrogens (tertiary/aromatic N) is 3. The number of aryl methyl sites for hydroxylation is 1. The number of hydrogen-bond donors (Lipinski definition) is 3. The number of aromatic nitrogens is 2. The van der Waals surface area contributed by atoms with E-state index in [4.69, 9.17) is 5.84 Å². The summed E-state index contributed by atoms with van der Waals surface area (Å²) in [4.78, 5) is 3.86. The number of nitrogens with one attached hydrogen (secondary N) is 2. The van der Waals surface area contributed by atoms with Crippen LogP contribution in [-0.2, 0) is 13.6 Å². The Hall–Kier alpha value is -1.56. The lowest BCUT2D eigenvalue weighted by atomic mass is 10.4. The molecule has 1 rings (SSSR count). The van der Waals surface area contributed by atoms with Crippen LogP contribution in [0.1, 0.15) is 5.69 Å². The summed E-state index contributed by atoms with van der Waals surface area (Å²) in [5, 5.41) is 7.17. The van der Waals surface area contributed by atoms with Gasteiger partial charge in [0.2, 0.25) is 5.96 Å². The van der Waals surface area contributed by atoms with E-state index in [1.807, 2.05) is 19.3 Å². The molecule has 0 unspecified atom stereocenters. The van der Waals surface area contributed by atoms with Crippen LogP contribution in [0, 0.1) is 0 Å². The molecule has 0 saturated heterocycles. The van der Waals surface area contributed by atoms with Crippen molar-refractivity contribution in [1.29, 1.82) is 0 Å². The molecule has 72 valence electrons. The van der Waals surface area contributed by atoms with E-state index in [1.165, 1.54) is 0 Å². The summed E-state index contributed by atoms with van der Waals surface area (Å²) in [5.74, 6) is 5.73. The predicted octanol–water partition coefficient (Wildman–Crippen LogP) is -1.04. The van der Waals surface area contributed by atoms with Crippen LogP contribution in [0.15, 0.2) is 17.3 Å². The van der Waals surface area contributed by atoms with Crippen molar-refractivity contribution in [2.75, 3.05) is 7.05 Å². The number of hydrazine groups is 1. The van der Waals surface area contributed by atoms with Crippen LogP contribution >= 0.6 is 0 Å². The van der Waals surface area contributed by atoms with Gasteiger partial charge in [-0.3, -0.25) is 15.1 Å². The molecular weight excluding hydrogens is 168 g/mol. The highest BCUT2D eigenvalue weighted by Gasteiger charge is 1.97. The SMILES string of the molecule is CN=C(NN)NCc1ccn(C)n1. The van der Waals surface area contributed by atoms with Gasteiger partial charge in [-0.15, -0.1) is 0 Å². The normalized spacial score (nSPS) is 11.5. The van der Waals surface area contributed by atoms with E-state index in [0.29, 0.717) is 12.5 Å². The van der Waals surface area contributed by atoms with Crippen molar-refractivity contribution in [1.82, 2.24) is 20.5 Å². The number of nitrogens with two attached hydrogens (primary N) is 1. The Morgan fingerprint density at radius 2 is 2.54 bits per heavy atom. The van der Waals surface area contributed by atoms with Crippen LogP contribution in [0.3, 0.4) is 0 Å². The van der Waals surface area contributed by atoms with Crippen molar-refractivity contribution in [3.8, 4) is 0 Å². The van der Waals surface area contributed by atoms with Gasteiger partial charge in [0.1, 0.15) is 0 Å². The summed E-state index contributed by atoms with van der Waals surface area (Å²) in [6.07, 6.45) is 1.88. The Morgan fingerprint density at radius 3 is 3.00 bits per heavy atom. The Bertz CT molecular complexity index is 289. The fraction of sp³-hybridized carbons (Fsp3) is 0.429. The average molecular weight is 182 g/mol. The summed E-state index contributed by atoms with van der Waals surface area (Å²) >= 11 is 0. The van der Waals surface area contributed by atoms with Crippen molar-refractivity contribution in [2.45, 2.75) is 6.54 Å². The van der Waals surface area contributed by atoms with Crippen LogP contribution < -0.4 is 16.6 Å². The molecule has 0 aliphatic heterocycles. The van der Waals surface area contributed by atoms with Crippen molar-refractivity contribution in [3.05, 3.63) is 18.0 Å². The molecular formula is C7H14N6. The van der Waals surface area contributed by atoms with Crippen molar-refractivity contribution in [2.24, 2.45) is 17.9 Å². The molecule has 1 aromatic heterocycles. The van der Waals surface area contributed by atoms with Gasteiger partial charge in [-0.25, -0.2) is 5.84 Å². The molecule has 0 aliphatic carbocycles. The molecule has 0 aliphatic rings. The third-order valence-corrected chi connectivity index (χ3v) is 1.57. The van der Waals surface area contributed by atoms with E-state index in [0.717, 1.165) is 5.69 Å². The van der Waals surface area contributed by atoms with E-state index < -0.39 is 0 Å². The largest absolute Gasteiger partial charge is 0.350 e. The Labute approximate surface area is 76.8 Å². The van der Waals surface area contributed by atoms with E-state index in [2.05, 4.69) is 20.8 Å². The van der Waals surface area contributed by atoms with Crippen LogP contribution in [0.4, 0.5) is 0 Å². The molecule has 0 atom stereocenters. The standard InChI is InChI=1S/C7H14N6/c1-9-7(11-8)10-5-6-3-4-13(2)12-6/h3-4H,5,8H2,1-2H3,(H2,9,10,11). The lowest BCUT2D eigenvalue weighted by Crippen LogP contribution is -2.41. The maximum atomic E-state index is 5.18. The first-order chi connectivity index (χ1) is 6.26. The molecule has 0 saturated carbocycles. The molecule has 0 spiro atoms. The van der Waals surface area contributed by atoms with Crippen LogP contribution in [0.2, 0.25) is 0 Å². The smallest absolute Gasteiger partial charge is 0.205 e. The van der Waals surface area contributed by atoms with Gasteiger partial charge in [0.15, 0.2) is 0 Å². The molecule has 6 nitrogen and oxygen atoms in total. The van der Waals surface area contributed by atoms with Gasteiger partial charge in [-0.2, -0.15) is 5.10 Å². The molecule has 6 heteroatoms. The van der Waals surface area contributed by atoms with Crippen LogP contribution in [0.5, 0.6) is 0 Å². The van der Waals surface area contributed by atoms with Gasteiger partial charge < -0.3 is 5.32 Å². The van der Waals surface area contributed by atoms with Crippen LogP contribution in [0.25, 0.3) is 0 Å². The van der Waals surface area contributed by atoms with Gasteiger partial charge in [-0.1, -0.05) is 0 Å². The quantitative estimate of drug-likeness (QED) is 0.236. The van der Waals surface area contributed by atoms with E-state index in [-0.39, 0.29) is 0 Å². The third kappa shape index (κ3) is 2.75. The maximum Gasteiger partial charge on any atom is 0.205 e. The topological polar surface area (TPSA) is 80.3 Å². The van der Waals surface area contributed by atoms with Gasteiger partial charge in [0, 0.05) is 20.3 Å². The molecule has 0 aromatic carbocycles. The van der Waals surface area contributed by atoms with Gasteiger partial charge in [0.25, 0.3) is 0 Å². The molecule has 1 heterocycles. The lowest BCUT2D eigenvalue weighted by molar-refractivity contribution is 0.724. The fourth-order valence-corrected chi connectivity index (χ4v) is 0.926. The Kier molecular flexibility index (Phi) is 3.27.